The van der Waals surface area contributed by atoms with E-state index in [2.05, 4.69) is 28.4 Å². The summed E-state index contributed by atoms with van der Waals surface area (Å²) in [5.41, 5.74) is 2.59. The van der Waals surface area contributed by atoms with Crippen LogP contribution < -0.4 is 10.2 Å². The monoisotopic (exact) mass is 278 g/mol. The van der Waals surface area contributed by atoms with Crippen molar-refractivity contribution >= 4 is 17.6 Å². The van der Waals surface area contributed by atoms with Crippen molar-refractivity contribution in [3.8, 4) is 0 Å². The first-order chi connectivity index (χ1) is 9.28. The molecule has 1 aromatic rings. The highest BCUT2D eigenvalue weighted by Gasteiger charge is 2.24. The number of rotatable bonds is 2. The van der Waals surface area contributed by atoms with Crippen molar-refractivity contribution in [2.45, 2.75) is 37.9 Å². The molecule has 0 saturated carbocycles. The van der Waals surface area contributed by atoms with E-state index in [1.54, 1.807) is 11.8 Å². The normalized spacial score (nSPS) is 23.3. The topological polar surface area (TPSA) is 41.1 Å². The second-order valence-electron chi connectivity index (χ2n) is 5.58. The largest absolute Gasteiger partial charge is 0.356 e. The lowest BCUT2D eigenvalue weighted by atomic mass is 9.99. The Morgan fingerprint density at radius 1 is 1.37 bits per heavy atom. The number of nitrogens with zero attached hydrogens (tertiary/aromatic N) is 3. The van der Waals surface area contributed by atoms with Crippen molar-refractivity contribution in [2.75, 3.05) is 30.8 Å². The van der Waals surface area contributed by atoms with Gasteiger partial charge < -0.3 is 10.2 Å². The molecule has 104 valence electrons. The van der Waals surface area contributed by atoms with Crippen molar-refractivity contribution in [1.82, 2.24) is 15.3 Å². The summed E-state index contributed by atoms with van der Waals surface area (Å²) < 4.78 is 0. The predicted octanol–water partition coefficient (Wildman–Crippen LogP) is 2.08. The summed E-state index contributed by atoms with van der Waals surface area (Å²) in [5, 5.41) is 4.33. The van der Waals surface area contributed by atoms with Gasteiger partial charge in [-0.25, -0.2) is 9.97 Å². The number of aromatic nitrogens is 2. The molecule has 3 heterocycles. The van der Waals surface area contributed by atoms with Crippen LogP contribution in [0.5, 0.6) is 0 Å². The van der Waals surface area contributed by atoms with Gasteiger partial charge in [0, 0.05) is 25.2 Å². The SMILES string of the molecule is CSc1nc2c(c(N3CCCC(C)C3)n1)CCNC2. The van der Waals surface area contributed by atoms with Gasteiger partial charge in [-0.2, -0.15) is 0 Å². The van der Waals surface area contributed by atoms with Crippen molar-refractivity contribution < 1.29 is 0 Å². The molecule has 0 radical (unpaired) electrons. The maximum absolute atomic E-state index is 4.81. The maximum Gasteiger partial charge on any atom is 0.189 e. The number of thioether (sulfide) groups is 1. The van der Waals surface area contributed by atoms with Crippen LogP contribution in [0.1, 0.15) is 31.0 Å². The molecule has 3 rings (SSSR count). The Morgan fingerprint density at radius 3 is 3.05 bits per heavy atom. The molecule has 4 nitrogen and oxygen atoms in total. The van der Waals surface area contributed by atoms with Crippen molar-refractivity contribution in [3.05, 3.63) is 11.3 Å². The summed E-state index contributed by atoms with van der Waals surface area (Å²) in [6, 6.07) is 0. The molecule has 1 fully saturated rings. The minimum atomic E-state index is 0.777. The van der Waals surface area contributed by atoms with Crippen LogP contribution in [-0.2, 0) is 13.0 Å². The molecule has 0 aliphatic carbocycles. The highest BCUT2D eigenvalue weighted by Crippen LogP contribution is 2.29. The molecule has 0 aromatic carbocycles. The number of fused-ring (bicyclic) bond motifs is 1. The van der Waals surface area contributed by atoms with E-state index in [9.17, 15) is 0 Å². The molecular formula is C14H22N4S. The lowest BCUT2D eigenvalue weighted by Crippen LogP contribution is -2.37. The van der Waals surface area contributed by atoms with E-state index in [1.807, 2.05) is 0 Å². The molecule has 1 aromatic heterocycles. The molecule has 0 amide bonds. The summed E-state index contributed by atoms with van der Waals surface area (Å²) in [4.78, 5) is 12.0. The van der Waals surface area contributed by atoms with Crippen molar-refractivity contribution in [2.24, 2.45) is 5.92 Å². The Labute approximate surface area is 119 Å². The highest BCUT2D eigenvalue weighted by molar-refractivity contribution is 7.98. The van der Waals surface area contributed by atoms with Gasteiger partial charge in [0.2, 0.25) is 0 Å². The Bertz CT molecular complexity index is 463. The van der Waals surface area contributed by atoms with Gasteiger partial charge in [0.25, 0.3) is 0 Å². The third kappa shape index (κ3) is 2.72. The zero-order chi connectivity index (χ0) is 13.2. The Balaban J connectivity index is 1.98. The average molecular weight is 278 g/mol. The fraction of sp³-hybridized carbons (Fsp3) is 0.714. The lowest BCUT2D eigenvalue weighted by Gasteiger charge is -2.34. The fourth-order valence-electron chi connectivity index (χ4n) is 3.05. The molecule has 2 aliphatic rings. The minimum Gasteiger partial charge on any atom is -0.356 e. The van der Waals surface area contributed by atoms with Crippen LogP contribution in [0.15, 0.2) is 5.16 Å². The standard InChI is InChI=1S/C14H22N4S/c1-10-4-3-7-18(9-10)13-11-5-6-15-8-12(11)16-14(17-13)19-2/h10,15H,3-9H2,1-2H3. The Hall–Kier alpha value is -0.810. The summed E-state index contributed by atoms with van der Waals surface area (Å²) in [6.45, 7) is 6.57. The molecule has 19 heavy (non-hydrogen) atoms. The van der Waals surface area contributed by atoms with Crippen molar-refractivity contribution in [3.63, 3.8) is 0 Å². The second kappa shape index (κ2) is 5.67. The van der Waals surface area contributed by atoms with E-state index in [-0.39, 0.29) is 0 Å². The smallest absolute Gasteiger partial charge is 0.189 e. The average Bonchev–Trinajstić information content (AvgIpc) is 2.46. The molecule has 1 N–H and O–H groups in total. The summed E-state index contributed by atoms with van der Waals surface area (Å²) in [6.07, 6.45) is 5.75. The van der Waals surface area contributed by atoms with Gasteiger partial charge in [-0.3, -0.25) is 0 Å². The lowest BCUT2D eigenvalue weighted by molar-refractivity contribution is 0.441. The molecule has 0 bridgehead atoms. The van der Waals surface area contributed by atoms with Crippen LogP contribution in [-0.4, -0.2) is 35.9 Å². The molecule has 0 spiro atoms. The molecule has 1 atom stereocenters. The molecule has 2 aliphatic heterocycles. The third-order valence-electron chi connectivity index (χ3n) is 4.03. The van der Waals surface area contributed by atoms with E-state index >= 15 is 0 Å². The van der Waals surface area contributed by atoms with Gasteiger partial charge in [-0.1, -0.05) is 18.7 Å². The maximum atomic E-state index is 4.81. The zero-order valence-corrected chi connectivity index (χ0v) is 12.6. The first-order valence-corrected chi connectivity index (χ1v) is 8.40. The Morgan fingerprint density at radius 2 is 2.26 bits per heavy atom. The fourth-order valence-corrected chi connectivity index (χ4v) is 3.43. The minimum absolute atomic E-state index is 0.777. The van der Waals surface area contributed by atoms with Gasteiger partial charge >= 0.3 is 0 Å². The molecule has 1 unspecified atom stereocenters. The predicted molar refractivity (Wildman–Crippen MR) is 79.8 cm³/mol. The van der Waals surface area contributed by atoms with Gasteiger partial charge in [0.05, 0.1) is 5.69 Å². The number of anilines is 1. The summed E-state index contributed by atoms with van der Waals surface area (Å²) in [5.74, 6) is 1.99. The van der Waals surface area contributed by atoms with E-state index in [0.717, 1.165) is 43.7 Å². The van der Waals surface area contributed by atoms with Crippen LogP contribution in [0, 0.1) is 5.92 Å². The zero-order valence-electron chi connectivity index (χ0n) is 11.8. The third-order valence-corrected chi connectivity index (χ3v) is 4.58. The molecular weight excluding hydrogens is 256 g/mol. The number of nitrogens with one attached hydrogen (secondary N) is 1. The van der Waals surface area contributed by atoms with Gasteiger partial charge in [-0.05, 0) is 38.0 Å². The van der Waals surface area contributed by atoms with E-state index in [1.165, 1.54) is 29.9 Å². The van der Waals surface area contributed by atoms with E-state index in [0.29, 0.717) is 0 Å². The number of hydrogen-bond donors (Lipinski definition) is 1. The van der Waals surface area contributed by atoms with Crippen LogP contribution in [0.25, 0.3) is 0 Å². The first-order valence-electron chi connectivity index (χ1n) is 7.17. The number of piperidine rings is 1. The Kier molecular flexibility index (Phi) is 3.93. The van der Waals surface area contributed by atoms with Gasteiger partial charge in [0.15, 0.2) is 5.16 Å². The van der Waals surface area contributed by atoms with Gasteiger partial charge in [0.1, 0.15) is 5.82 Å². The van der Waals surface area contributed by atoms with Crippen LogP contribution in [0.3, 0.4) is 0 Å². The van der Waals surface area contributed by atoms with Crippen LogP contribution in [0.2, 0.25) is 0 Å². The van der Waals surface area contributed by atoms with Crippen LogP contribution >= 0.6 is 11.8 Å². The molecule has 1 saturated heterocycles. The van der Waals surface area contributed by atoms with Crippen molar-refractivity contribution in [1.29, 1.82) is 0 Å². The van der Waals surface area contributed by atoms with Crippen LogP contribution in [0.4, 0.5) is 5.82 Å². The van der Waals surface area contributed by atoms with E-state index in [4.69, 9.17) is 4.98 Å². The van der Waals surface area contributed by atoms with E-state index < -0.39 is 0 Å². The number of hydrogen-bond acceptors (Lipinski definition) is 5. The van der Waals surface area contributed by atoms with Gasteiger partial charge in [-0.15, -0.1) is 0 Å². The summed E-state index contributed by atoms with van der Waals surface area (Å²) in [7, 11) is 0. The summed E-state index contributed by atoms with van der Waals surface area (Å²) >= 11 is 1.64. The first kappa shape index (κ1) is 13.2. The second-order valence-corrected chi connectivity index (χ2v) is 6.35. The molecule has 5 heteroatoms. The quantitative estimate of drug-likeness (QED) is 0.662. The highest BCUT2D eigenvalue weighted by atomic mass is 32.2.